The van der Waals surface area contributed by atoms with Gasteiger partial charge in [-0.25, -0.2) is 0 Å². The molecule has 0 saturated heterocycles. The fourth-order valence-electron chi connectivity index (χ4n) is 2.90. The average Bonchev–Trinajstić information content (AvgIpc) is 2.70. The van der Waals surface area contributed by atoms with E-state index >= 15 is 0 Å². The van der Waals surface area contributed by atoms with E-state index in [-0.39, 0.29) is 11.7 Å². The van der Waals surface area contributed by atoms with E-state index in [9.17, 15) is 4.79 Å². The maximum atomic E-state index is 13.4. The number of rotatable bonds is 8. The number of nitrogens with two attached hydrogens (primary N) is 1. The number of anilines is 1. The number of nitrogen functional groups attached to an aromatic ring is 1. The summed E-state index contributed by atoms with van der Waals surface area (Å²) in [6.07, 6.45) is 1.83. The second-order valence-electron chi connectivity index (χ2n) is 6.50. The topological polar surface area (TPSA) is 80.0 Å². The molecule has 0 radical (unpaired) electrons. The minimum absolute atomic E-state index is 0.0299. The molecule has 6 heteroatoms. The molecule has 2 N–H and O–H groups in total. The Morgan fingerprint density at radius 2 is 1.61 bits per heavy atom. The van der Waals surface area contributed by atoms with Crippen LogP contribution in [0.25, 0.3) is 6.08 Å². The number of allylic oxidation sites excluding steroid dienone is 1. The first-order valence-electron chi connectivity index (χ1n) is 8.86. The first-order chi connectivity index (χ1) is 13.4. The van der Waals surface area contributed by atoms with Crippen molar-refractivity contribution in [3.8, 4) is 23.0 Å². The molecule has 28 heavy (non-hydrogen) atoms. The van der Waals surface area contributed by atoms with E-state index in [1.54, 1.807) is 31.4 Å². The van der Waals surface area contributed by atoms with Crippen LogP contribution >= 0.6 is 0 Å². The van der Waals surface area contributed by atoms with Crippen LogP contribution in [0, 0.1) is 5.92 Å². The fraction of sp³-hybridized carbons (Fsp3) is 0.318. The number of carbonyl (C=O) groups is 1. The van der Waals surface area contributed by atoms with Crippen molar-refractivity contribution in [1.82, 2.24) is 0 Å². The van der Waals surface area contributed by atoms with Crippen LogP contribution in [0.5, 0.6) is 23.0 Å². The van der Waals surface area contributed by atoms with Crippen LogP contribution in [-0.4, -0.2) is 34.2 Å². The van der Waals surface area contributed by atoms with E-state index in [4.69, 9.17) is 24.7 Å². The van der Waals surface area contributed by atoms with E-state index in [0.717, 1.165) is 5.56 Å². The Kier molecular flexibility index (Phi) is 6.93. The lowest BCUT2D eigenvalue weighted by Crippen LogP contribution is -2.11. The van der Waals surface area contributed by atoms with Gasteiger partial charge in [-0.1, -0.05) is 19.9 Å². The van der Waals surface area contributed by atoms with Gasteiger partial charge in [-0.05, 0) is 35.8 Å². The van der Waals surface area contributed by atoms with Crippen LogP contribution < -0.4 is 24.7 Å². The van der Waals surface area contributed by atoms with Crippen LogP contribution in [-0.2, 0) is 0 Å². The van der Waals surface area contributed by atoms with Crippen molar-refractivity contribution < 1.29 is 23.7 Å². The van der Waals surface area contributed by atoms with Crippen molar-refractivity contribution in [3.05, 3.63) is 47.0 Å². The van der Waals surface area contributed by atoms with E-state index < -0.39 is 0 Å². The molecule has 0 bridgehead atoms. The number of hydrogen-bond donors (Lipinski definition) is 1. The summed E-state index contributed by atoms with van der Waals surface area (Å²) in [7, 11) is 6.12. The summed E-state index contributed by atoms with van der Waals surface area (Å²) >= 11 is 0. The van der Waals surface area contributed by atoms with Gasteiger partial charge in [0.2, 0.25) is 0 Å². The Morgan fingerprint density at radius 3 is 2.11 bits per heavy atom. The lowest BCUT2D eigenvalue weighted by molar-refractivity contribution is 0.102. The molecule has 0 aliphatic heterocycles. The third-order valence-electron chi connectivity index (χ3n) is 4.39. The smallest absolute Gasteiger partial charge is 0.193 e. The predicted molar refractivity (Wildman–Crippen MR) is 111 cm³/mol. The van der Waals surface area contributed by atoms with Crippen molar-refractivity contribution in [1.29, 1.82) is 0 Å². The van der Waals surface area contributed by atoms with Gasteiger partial charge in [0.25, 0.3) is 0 Å². The minimum Gasteiger partial charge on any atom is -0.497 e. The zero-order chi connectivity index (χ0) is 20.8. The lowest BCUT2D eigenvalue weighted by Gasteiger charge is -2.17. The highest BCUT2D eigenvalue weighted by atomic mass is 16.5. The maximum Gasteiger partial charge on any atom is 0.193 e. The molecule has 2 aromatic rings. The van der Waals surface area contributed by atoms with E-state index in [1.165, 1.54) is 21.3 Å². The van der Waals surface area contributed by atoms with Crippen molar-refractivity contribution in [3.63, 3.8) is 0 Å². The molecule has 0 saturated carbocycles. The number of hydrogen-bond acceptors (Lipinski definition) is 6. The van der Waals surface area contributed by atoms with Gasteiger partial charge in [0.05, 0.1) is 39.7 Å². The summed E-state index contributed by atoms with van der Waals surface area (Å²) in [5, 5.41) is 0. The molecular weight excluding hydrogens is 358 g/mol. The Labute approximate surface area is 165 Å². The molecule has 0 aliphatic rings. The van der Waals surface area contributed by atoms with Crippen molar-refractivity contribution in [2.24, 2.45) is 5.92 Å². The summed E-state index contributed by atoms with van der Waals surface area (Å²) < 4.78 is 21.3. The van der Waals surface area contributed by atoms with Crippen LogP contribution in [0.15, 0.2) is 35.9 Å². The second-order valence-corrected chi connectivity index (χ2v) is 6.50. The van der Waals surface area contributed by atoms with E-state index in [0.29, 0.717) is 39.8 Å². The SMILES string of the molecule is COc1cc(OC)c(OC)c(C(=O)C(=Cc2ccc(OC)c(N)c2)C(C)C)c1. The maximum absolute atomic E-state index is 13.4. The first-order valence-corrected chi connectivity index (χ1v) is 8.86. The zero-order valence-corrected chi connectivity index (χ0v) is 17.2. The van der Waals surface area contributed by atoms with E-state index in [1.807, 2.05) is 26.0 Å². The number of ether oxygens (including phenoxy) is 4. The number of carbonyl (C=O) groups excluding carboxylic acids is 1. The molecule has 0 aromatic heterocycles. The molecular formula is C22H27NO5. The Balaban J connectivity index is 2.58. The zero-order valence-electron chi connectivity index (χ0n) is 17.2. The van der Waals surface area contributed by atoms with Crippen molar-refractivity contribution in [2.45, 2.75) is 13.8 Å². The molecule has 0 aliphatic carbocycles. The van der Waals surface area contributed by atoms with Crippen molar-refractivity contribution in [2.75, 3.05) is 34.2 Å². The molecule has 150 valence electrons. The largest absolute Gasteiger partial charge is 0.497 e. The van der Waals surface area contributed by atoms with Gasteiger partial charge >= 0.3 is 0 Å². The molecule has 0 atom stereocenters. The summed E-state index contributed by atoms with van der Waals surface area (Å²) in [5.74, 6) is 1.71. The highest BCUT2D eigenvalue weighted by molar-refractivity contribution is 6.13. The highest BCUT2D eigenvalue weighted by Crippen LogP contribution is 2.38. The third kappa shape index (κ3) is 4.39. The summed E-state index contributed by atoms with van der Waals surface area (Å²) in [4.78, 5) is 13.4. The standard InChI is InChI=1S/C22H27NO5/c1-13(2)16(9-14-7-8-19(26-4)18(23)10-14)21(24)17-11-15(25-3)12-20(27-5)22(17)28-6/h7-13H,23H2,1-6H3. The van der Waals surface area contributed by atoms with Gasteiger partial charge < -0.3 is 24.7 Å². The molecule has 0 fully saturated rings. The van der Waals surface area contributed by atoms with E-state index in [2.05, 4.69) is 0 Å². The average molecular weight is 385 g/mol. The monoisotopic (exact) mass is 385 g/mol. The molecule has 0 amide bonds. The summed E-state index contributed by atoms with van der Waals surface area (Å²) in [6, 6.07) is 8.74. The Hall–Kier alpha value is -3.15. The van der Waals surface area contributed by atoms with Gasteiger partial charge in [0.15, 0.2) is 17.3 Å². The molecule has 2 aromatic carbocycles. The third-order valence-corrected chi connectivity index (χ3v) is 4.39. The van der Waals surface area contributed by atoms with Gasteiger partial charge in [-0.15, -0.1) is 0 Å². The lowest BCUT2D eigenvalue weighted by atomic mass is 9.91. The normalized spacial score (nSPS) is 11.3. The second kappa shape index (κ2) is 9.17. The van der Waals surface area contributed by atoms with Gasteiger partial charge in [0, 0.05) is 11.6 Å². The first kappa shape index (κ1) is 21.2. The van der Waals surface area contributed by atoms with Crippen LogP contribution in [0.4, 0.5) is 5.69 Å². The molecule has 6 nitrogen and oxygen atoms in total. The van der Waals surface area contributed by atoms with Crippen LogP contribution in [0.3, 0.4) is 0 Å². The van der Waals surface area contributed by atoms with Gasteiger partial charge in [-0.3, -0.25) is 4.79 Å². The minimum atomic E-state index is -0.168. The molecule has 0 heterocycles. The van der Waals surface area contributed by atoms with Crippen LogP contribution in [0.2, 0.25) is 0 Å². The number of benzene rings is 2. The number of ketones is 1. The number of Topliss-reactive ketones (excluding diaryl/α,β-unsaturated/α-hetero) is 1. The summed E-state index contributed by atoms with van der Waals surface area (Å²) in [5.41, 5.74) is 8.30. The van der Waals surface area contributed by atoms with Gasteiger partial charge in [-0.2, -0.15) is 0 Å². The predicted octanol–water partition coefficient (Wildman–Crippen LogP) is 4.23. The molecule has 2 rings (SSSR count). The van der Waals surface area contributed by atoms with Crippen molar-refractivity contribution >= 4 is 17.5 Å². The molecule has 0 spiro atoms. The Bertz CT molecular complexity index is 887. The van der Waals surface area contributed by atoms with Gasteiger partial charge in [0.1, 0.15) is 11.5 Å². The van der Waals surface area contributed by atoms with Crippen LogP contribution in [0.1, 0.15) is 29.8 Å². The Morgan fingerprint density at radius 1 is 0.929 bits per heavy atom. The molecule has 0 unspecified atom stereocenters. The number of methoxy groups -OCH3 is 4. The fourth-order valence-corrected chi connectivity index (χ4v) is 2.90. The quantitative estimate of drug-likeness (QED) is 0.416. The summed E-state index contributed by atoms with van der Waals surface area (Å²) in [6.45, 7) is 3.92. The highest BCUT2D eigenvalue weighted by Gasteiger charge is 2.23.